The van der Waals surface area contributed by atoms with E-state index in [1.807, 2.05) is 25.7 Å². The molecule has 1 fully saturated rings. The largest absolute Gasteiger partial charge is 0.336 e. The van der Waals surface area contributed by atoms with E-state index in [0.29, 0.717) is 0 Å². The van der Waals surface area contributed by atoms with Crippen molar-refractivity contribution in [3.05, 3.63) is 0 Å². The third-order valence-corrected chi connectivity index (χ3v) is 4.67. The Labute approximate surface area is 136 Å². The van der Waals surface area contributed by atoms with Gasteiger partial charge in [0.05, 0.1) is 0 Å². The van der Waals surface area contributed by atoms with Crippen LogP contribution in [0.2, 0.25) is 0 Å². The maximum Gasteiger partial charge on any atom is 0.243 e. The Bertz CT molecular complexity index is 347. The Kier molecular flexibility index (Phi) is 6.87. The van der Waals surface area contributed by atoms with Gasteiger partial charge in [0.15, 0.2) is 0 Å². The monoisotopic (exact) mass is 312 g/mol. The predicted molar refractivity (Wildman–Crippen MR) is 90.9 cm³/mol. The molecule has 1 unspecified atom stereocenters. The van der Waals surface area contributed by atoms with Crippen LogP contribution >= 0.6 is 0 Å². The van der Waals surface area contributed by atoms with E-state index in [1.165, 1.54) is 11.5 Å². The van der Waals surface area contributed by atoms with Gasteiger partial charge in [-0.3, -0.25) is 4.79 Å². The van der Waals surface area contributed by atoms with Crippen molar-refractivity contribution >= 4 is 5.91 Å². The molecule has 0 bridgehead atoms. The van der Waals surface area contributed by atoms with Crippen molar-refractivity contribution < 1.29 is 10.0 Å². The lowest BCUT2D eigenvalue weighted by Crippen LogP contribution is -2.59. The molecule has 0 heterocycles. The fourth-order valence-electron chi connectivity index (χ4n) is 3.63. The summed E-state index contributed by atoms with van der Waals surface area (Å²) in [5, 5.41) is 12.1. The van der Waals surface area contributed by atoms with Crippen LogP contribution in [0.15, 0.2) is 0 Å². The van der Waals surface area contributed by atoms with Gasteiger partial charge < -0.3 is 10.1 Å². The molecule has 1 N–H and O–H groups in total. The van der Waals surface area contributed by atoms with Crippen LogP contribution in [0.25, 0.3) is 0 Å². The fraction of sp³-hybridized carbons (Fsp3) is 0.944. The molecule has 0 aliphatic heterocycles. The summed E-state index contributed by atoms with van der Waals surface area (Å²) in [4.78, 5) is 15.2. The van der Waals surface area contributed by atoms with Gasteiger partial charge in [0, 0.05) is 17.6 Å². The lowest BCUT2D eigenvalue weighted by molar-refractivity contribution is -0.210. The van der Waals surface area contributed by atoms with Crippen LogP contribution in [0.5, 0.6) is 0 Å². The topological polar surface area (TPSA) is 43.8 Å². The molecular weight excluding hydrogens is 276 g/mol. The van der Waals surface area contributed by atoms with Crippen molar-refractivity contribution in [3.8, 4) is 0 Å². The van der Waals surface area contributed by atoms with Crippen molar-refractivity contribution in [2.45, 2.75) is 104 Å². The first-order valence-electron chi connectivity index (χ1n) is 8.87. The van der Waals surface area contributed by atoms with Gasteiger partial charge in [-0.2, -0.15) is 5.06 Å². The number of hydrogen-bond donors (Lipinski definition) is 1. The van der Waals surface area contributed by atoms with Gasteiger partial charge in [-0.15, -0.1) is 0 Å². The number of hydrogen-bond acceptors (Lipinski definition) is 3. The molecule has 0 radical (unpaired) electrons. The number of hydroxylamine groups is 2. The maximum absolute atomic E-state index is 13.2. The third-order valence-electron chi connectivity index (χ3n) is 4.67. The molecule has 130 valence electrons. The Morgan fingerprint density at radius 2 is 1.45 bits per heavy atom. The van der Waals surface area contributed by atoms with Crippen LogP contribution < -0.4 is 0 Å². The normalized spacial score (nSPS) is 19.0. The molecule has 1 aliphatic carbocycles. The molecule has 0 saturated heterocycles. The summed E-state index contributed by atoms with van der Waals surface area (Å²) in [5.74, 6) is 0.333. The second kappa shape index (κ2) is 7.78. The highest BCUT2D eigenvalue weighted by atomic mass is 16.5. The first-order valence-corrected chi connectivity index (χ1v) is 8.87. The predicted octanol–water partition coefficient (Wildman–Crippen LogP) is 4.07. The lowest BCUT2D eigenvalue weighted by atomic mass is 9.82. The molecule has 0 aromatic carbocycles. The van der Waals surface area contributed by atoms with Crippen molar-refractivity contribution in [1.29, 1.82) is 0 Å². The standard InChI is InChI=1S/C18H36N2O2/c1-13(2)19(14(3)4)17(21)16(20(22)18(5,6)7)15-11-9-8-10-12-15/h13-16,22H,8-12H2,1-7H3. The van der Waals surface area contributed by atoms with Crippen LogP contribution in [0.4, 0.5) is 0 Å². The zero-order valence-corrected chi connectivity index (χ0v) is 15.6. The number of amides is 1. The summed E-state index contributed by atoms with van der Waals surface area (Å²) >= 11 is 0. The van der Waals surface area contributed by atoms with Gasteiger partial charge in [-0.25, -0.2) is 0 Å². The minimum Gasteiger partial charge on any atom is -0.336 e. The smallest absolute Gasteiger partial charge is 0.243 e. The highest BCUT2D eigenvalue weighted by Gasteiger charge is 2.41. The van der Waals surface area contributed by atoms with E-state index < -0.39 is 11.6 Å². The van der Waals surface area contributed by atoms with Gasteiger partial charge in [-0.1, -0.05) is 19.3 Å². The summed E-state index contributed by atoms with van der Waals surface area (Å²) in [7, 11) is 0. The van der Waals surface area contributed by atoms with Crippen LogP contribution in [0.1, 0.15) is 80.6 Å². The molecular formula is C18H36N2O2. The molecule has 0 aromatic rings. The molecule has 22 heavy (non-hydrogen) atoms. The van der Waals surface area contributed by atoms with Crippen LogP contribution in [-0.4, -0.2) is 44.7 Å². The highest BCUT2D eigenvalue weighted by molar-refractivity contribution is 5.82. The first kappa shape index (κ1) is 19.4. The highest BCUT2D eigenvalue weighted by Crippen LogP contribution is 2.32. The van der Waals surface area contributed by atoms with Gasteiger partial charge in [0.25, 0.3) is 0 Å². The Hall–Kier alpha value is -0.610. The molecule has 0 spiro atoms. The number of rotatable bonds is 5. The number of nitrogens with zero attached hydrogens (tertiary/aromatic N) is 2. The molecule has 1 amide bonds. The summed E-state index contributed by atoms with van der Waals surface area (Å²) in [6, 6.07) is -0.135. The van der Waals surface area contributed by atoms with E-state index in [0.717, 1.165) is 25.7 Å². The Balaban J connectivity index is 3.09. The second-order valence-electron chi connectivity index (χ2n) is 8.29. The fourth-order valence-corrected chi connectivity index (χ4v) is 3.63. The quantitative estimate of drug-likeness (QED) is 0.778. The average molecular weight is 312 g/mol. The minimum absolute atomic E-state index is 0.0781. The Morgan fingerprint density at radius 1 is 1.00 bits per heavy atom. The molecule has 0 aromatic heterocycles. The molecule has 4 heteroatoms. The molecule has 1 atom stereocenters. The van der Waals surface area contributed by atoms with Gasteiger partial charge in [0.1, 0.15) is 6.04 Å². The van der Waals surface area contributed by atoms with E-state index in [9.17, 15) is 10.0 Å². The molecule has 4 nitrogen and oxygen atoms in total. The van der Waals surface area contributed by atoms with E-state index >= 15 is 0 Å². The number of carbonyl (C=O) groups excluding carboxylic acids is 1. The van der Waals surface area contributed by atoms with Crippen molar-refractivity contribution in [2.24, 2.45) is 5.92 Å². The third kappa shape index (κ3) is 4.69. The second-order valence-corrected chi connectivity index (χ2v) is 8.29. The zero-order chi connectivity index (χ0) is 17.1. The summed E-state index contributed by atoms with van der Waals surface area (Å²) in [6.07, 6.45) is 5.64. The summed E-state index contributed by atoms with van der Waals surface area (Å²) < 4.78 is 0. The SMILES string of the molecule is CC(C)N(C(=O)C(C1CCCCC1)N(O)C(C)(C)C)C(C)C. The summed E-state index contributed by atoms with van der Waals surface area (Å²) in [5.41, 5.74) is -0.433. The molecule has 1 rings (SSSR count). The van der Waals surface area contributed by atoms with E-state index in [-0.39, 0.29) is 23.9 Å². The Morgan fingerprint density at radius 3 is 1.82 bits per heavy atom. The first-order chi connectivity index (χ1) is 10.1. The molecule has 1 aliphatic rings. The van der Waals surface area contributed by atoms with Gasteiger partial charge in [-0.05, 0) is 67.2 Å². The van der Waals surface area contributed by atoms with E-state index in [2.05, 4.69) is 27.7 Å². The summed E-state index contributed by atoms with van der Waals surface area (Å²) in [6.45, 7) is 14.1. The van der Waals surface area contributed by atoms with Crippen LogP contribution in [-0.2, 0) is 4.79 Å². The maximum atomic E-state index is 13.2. The minimum atomic E-state index is -0.433. The van der Waals surface area contributed by atoms with Crippen molar-refractivity contribution in [3.63, 3.8) is 0 Å². The number of carbonyl (C=O) groups is 1. The van der Waals surface area contributed by atoms with Crippen LogP contribution in [0.3, 0.4) is 0 Å². The van der Waals surface area contributed by atoms with Crippen molar-refractivity contribution in [1.82, 2.24) is 9.96 Å². The van der Waals surface area contributed by atoms with E-state index in [4.69, 9.17) is 0 Å². The average Bonchev–Trinajstić information content (AvgIpc) is 2.38. The van der Waals surface area contributed by atoms with Crippen molar-refractivity contribution in [2.75, 3.05) is 0 Å². The van der Waals surface area contributed by atoms with Gasteiger partial charge in [0.2, 0.25) is 5.91 Å². The van der Waals surface area contributed by atoms with E-state index in [1.54, 1.807) is 0 Å². The lowest BCUT2D eigenvalue weighted by Gasteiger charge is -2.44. The van der Waals surface area contributed by atoms with Gasteiger partial charge >= 0.3 is 0 Å². The molecule has 1 saturated carbocycles. The zero-order valence-electron chi connectivity index (χ0n) is 15.6. The van der Waals surface area contributed by atoms with Crippen LogP contribution in [0, 0.1) is 5.92 Å².